The van der Waals surface area contributed by atoms with Crippen molar-refractivity contribution in [3.8, 4) is 0 Å². The summed E-state index contributed by atoms with van der Waals surface area (Å²) in [6, 6.07) is 4.24. The molecule has 2 heterocycles. The van der Waals surface area contributed by atoms with Crippen LogP contribution in [0.2, 0.25) is 0 Å². The van der Waals surface area contributed by atoms with Gasteiger partial charge in [0, 0.05) is 12.4 Å². The second-order valence-corrected chi connectivity index (χ2v) is 5.42. The zero-order valence-corrected chi connectivity index (χ0v) is 9.73. The van der Waals surface area contributed by atoms with Gasteiger partial charge in [-0.25, -0.2) is 0 Å². The first kappa shape index (κ1) is 10.3. The summed E-state index contributed by atoms with van der Waals surface area (Å²) < 4.78 is 0. The summed E-state index contributed by atoms with van der Waals surface area (Å²) in [6.45, 7) is 2.54. The molecule has 0 radical (unpaired) electrons. The number of rotatable bonds is 3. The van der Waals surface area contributed by atoms with Crippen LogP contribution in [0.5, 0.6) is 0 Å². The molecular weight excluding hydrogens is 196 g/mol. The lowest BCUT2D eigenvalue weighted by Crippen LogP contribution is -2.12. The second-order valence-electron chi connectivity index (χ2n) is 5.42. The largest absolute Gasteiger partial charge is 0.316 e. The quantitative estimate of drug-likeness (QED) is 0.838. The van der Waals surface area contributed by atoms with Crippen LogP contribution in [0.25, 0.3) is 0 Å². The highest BCUT2D eigenvalue weighted by molar-refractivity contribution is 5.08. The Bertz CT molecular complexity index is 324. The van der Waals surface area contributed by atoms with Crippen LogP contribution in [-0.2, 0) is 6.42 Å². The number of aryl methyl sites for hydroxylation is 1. The Hall–Kier alpha value is -0.890. The normalized spacial score (nSPS) is 32.9. The Morgan fingerprint density at radius 1 is 1.25 bits per heavy atom. The molecule has 2 unspecified atom stereocenters. The van der Waals surface area contributed by atoms with Gasteiger partial charge in [-0.1, -0.05) is 6.07 Å². The molecule has 2 nitrogen and oxygen atoms in total. The fraction of sp³-hybridized carbons (Fsp3) is 0.643. The lowest BCUT2D eigenvalue weighted by molar-refractivity contribution is 0.459. The van der Waals surface area contributed by atoms with Gasteiger partial charge in [-0.3, -0.25) is 4.98 Å². The van der Waals surface area contributed by atoms with Crippen molar-refractivity contribution in [3.05, 3.63) is 30.1 Å². The Morgan fingerprint density at radius 3 is 2.75 bits per heavy atom. The van der Waals surface area contributed by atoms with Crippen LogP contribution in [0.15, 0.2) is 24.5 Å². The topological polar surface area (TPSA) is 24.9 Å². The van der Waals surface area contributed by atoms with Gasteiger partial charge >= 0.3 is 0 Å². The van der Waals surface area contributed by atoms with Gasteiger partial charge < -0.3 is 5.32 Å². The summed E-state index contributed by atoms with van der Waals surface area (Å²) in [5.41, 5.74) is 1.40. The van der Waals surface area contributed by atoms with Crippen LogP contribution in [0.4, 0.5) is 0 Å². The minimum Gasteiger partial charge on any atom is -0.316 e. The van der Waals surface area contributed by atoms with E-state index < -0.39 is 0 Å². The highest BCUT2D eigenvalue weighted by Gasteiger charge is 2.36. The van der Waals surface area contributed by atoms with Gasteiger partial charge in [0.25, 0.3) is 0 Å². The van der Waals surface area contributed by atoms with Gasteiger partial charge in [-0.05, 0) is 68.2 Å². The molecule has 0 spiro atoms. The Morgan fingerprint density at radius 2 is 2.06 bits per heavy atom. The predicted octanol–water partition coefficient (Wildman–Crippen LogP) is 2.26. The smallest absolute Gasteiger partial charge is 0.0299 e. The van der Waals surface area contributed by atoms with E-state index in [0.29, 0.717) is 0 Å². The van der Waals surface area contributed by atoms with Gasteiger partial charge in [-0.2, -0.15) is 0 Å². The van der Waals surface area contributed by atoms with Crippen LogP contribution in [0.1, 0.15) is 24.8 Å². The molecule has 86 valence electrons. The zero-order chi connectivity index (χ0) is 10.8. The standard InChI is InChI=1S/C14H20N2/c1-2-11(8-15-5-1)3-4-12-6-13-9-16-10-14(13)7-12/h1-2,5,8,12-14,16H,3-4,6-7,9-10H2. The number of hydrogen-bond acceptors (Lipinski definition) is 2. The molecule has 0 amide bonds. The van der Waals surface area contributed by atoms with Crippen molar-refractivity contribution in [2.45, 2.75) is 25.7 Å². The number of nitrogens with zero attached hydrogens (tertiary/aromatic N) is 1. The fourth-order valence-corrected chi connectivity index (χ4v) is 3.44. The molecule has 2 aliphatic rings. The molecule has 1 aromatic heterocycles. The number of nitrogens with one attached hydrogen (secondary N) is 1. The highest BCUT2D eigenvalue weighted by atomic mass is 14.9. The molecular formula is C14H20N2. The maximum absolute atomic E-state index is 4.18. The molecule has 1 saturated heterocycles. The number of aromatic nitrogens is 1. The summed E-state index contributed by atoms with van der Waals surface area (Å²) in [4.78, 5) is 4.18. The summed E-state index contributed by atoms with van der Waals surface area (Å²) >= 11 is 0. The van der Waals surface area contributed by atoms with E-state index in [4.69, 9.17) is 0 Å². The zero-order valence-electron chi connectivity index (χ0n) is 9.73. The van der Waals surface area contributed by atoms with Crippen molar-refractivity contribution < 1.29 is 0 Å². The van der Waals surface area contributed by atoms with Crippen LogP contribution < -0.4 is 5.32 Å². The number of fused-ring (bicyclic) bond motifs is 1. The maximum atomic E-state index is 4.18. The van der Waals surface area contributed by atoms with Gasteiger partial charge in [0.1, 0.15) is 0 Å². The molecule has 0 bridgehead atoms. The maximum Gasteiger partial charge on any atom is 0.0299 e. The van der Waals surface area contributed by atoms with Gasteiger partial charge in [0.15, 0.2) is 0 Å². The van der Waals surface area contributed by atoms with Gasteiger partial charge in [0.05, 0.1) is 0 Å². The van der Waals surface area contributed by atoms with Crippen molar-refractivity contribution in [1.29, 1.82) is 0 Å². The van der Waals surface area contributed by atoms with Crippen molar-refractivity contribution in [3.63, 3.8) is 0 Å². The second kappa shape index (κ2) is 4.54. The molecule has 16 heavy (non-hydrogen) atoms. The van der Waals surface area contributed by atoms with E-state index in [2.05, 4.69) is 16.4 Å². The third-order valence-electron chi connectivity index (χ3n) is 4.32. The average molecular weight is 216 g/mol. The van der Waals surface area contributed by atoms with E-state index in [-0.39, 0.29) is 0 Å². The molecule has 0 aromatic carbocycles. The molecule has 1 saturated carbocycles. The molecule has 1 aromatic rings. The van der Waals surface area contributed by atoms with Gasteiger partial charge in [0.2, 0.25) is 0 Å². The Labute approximate surface area is 97.5 Å². The summed E-state index contributed by atoms with van der Waals surface area (Å²) in [5, 5.41) is 3.51. The van der Waals surface area contributed by atoms with Crippen LogP contribution in [0.3, 0.4) is 0 Å². The van der Waals surface area contributed by atoms with Crippen molar-refractivity contribution in [2.24, 2.45) is 17.8 Å². The van der Waals surface area contributed by atoms with E-state index in [0.717, 1.165) is 17.8 Å². The molecule has 1 aliphatic carbocycles. The third-order valence-corrected chi connectivity index (χ3v) is 4.32. The molecule has 2 heteroatoms. The number of pyridine rings is 1. The van der Waals surface area contributed by atoms with Crippen LogP contribution in [-0.4, -0.2) is 18.1 Å². The summed E-state index contributed by atoms with van der Waals surface area (Å²) in [6.07, 6.45) is 9.35. The minimum atomic E-state index is 0.970. The first-order valence-corrected chi connectivity index (χ1v) is 6.51. The lowest BCUT2D eigenvalue weighted by Gasteiger charge is -2.10. The van der Waals surface area contributed by atoms with Gasteiger partial charge in [-0.15, -0.1) is 0 Å². The SMILES string of the molecule is c1cncc(CCC2CC3CNCC3C2)c1. The number of hydrogen-bond donors (Lipinski definition) is 1. The van der Waals surface area contributed by atoms with E-state index in [1.54, 1.807) is 0 Å². The van der Waals surface area contributed by atoms with E-state index in [1.165, 1.54) is 44.3 Å². The van der Waals surface area contributed by atoms with E-state index >= 15 is 0 Å². The van der Waals surface area contributed by atoms with Crippen LogP contribution in [0, 0.1) is 17.8 Å². The van der Waals surface area contributed by atoms with E-state index in [1.807, 2.05) is 18.5 Å². The minimum absolute atomic E-state index is 0.970. The van der Waals surface area contributed by atoms with Crippen LogP contribution >= 0.6 is 0 Å². The first-order valence-electron chi connectivity index (χ1n) is 6.51. The Balaban J connectivity index is 1.50. The predicted molar refractivity (Wildman–Crippen MR) is 65.1 cm³/mol. The van der Waals surface area contributed by atoms with E-state index in [9.17, 15) is 0 Å². The molecule has 3 rings (SSSR count). The lowest BCUT2D eigenvalue weighted by atomic mass is 9.97. The summed E-state index contributed by atoms with van der Waals surface area (Å²) in [5.74, 6) is 2.94. The summed E-state index contributed by atoms with van der Waals surface area (Å²) in [7, 11) is 0. The van der Waals surface area contributed by atoms with Crippen molar-refractivity contribution >= 4 is 0 Å². The molecule has 1 aliphatic heterocycles. The van der Waals surface area contributed by atoms with Crippen molar-refractivity contribution in [2.75, 3.05) is 13.1 Å². The molecule has 2 fully saturated rings. The molecule has 2 atom stereocenters. The highest BCUT2D eigenvalue weighted by Crippen LogP contribution is 2.40. The Kier molecular flexibility index (Phi) is 2.92. The van der Waals surface area contributed by atoms with Crippen molar-refractivity contribution in [1.82, 2.24) is 10.3 Å². The fourth-order valence-electron chi connectivity index (χ4n) is 3.44. The first-order chi connectivity index (χ1) is 7.92. The third kappa shape index (κ3) is 2.12. The monoisotopic (exact) mass is 216 g/mol. The molecule has 1 N–H and O–H groups in total. The average Bonchev–Trinajstić information content (AvgIpc) is 2.88.